The van der Waals surface area contributed by atoms with Crippen LogP contribution >= 0.6 is 50.5 Å². The molecule has 9 heteroatoms. The minimum atomic E-state index is -3.73. The van der Waals surface area contributed by atoms with Crippen LogP contribution in [0.1, 0.15) is 0 Å². The molecule has 0 bridgehead atoms. The van der Waals surface area contributed by atoms with Crippen molar-refractivity contribution in [3.63, 3.8) is 0 Å². The van der Waals surface area contributed by atoms with Crippen molar-refractivity contribution in [1.82, 2.24) is 4.98 Å². The number of hydrogen-bond donors (Lipinski definition) is 1. The van der Waals surface area contributed by atoms with Crippen molar-refractivity contribution in [1.29, 1.82) is 0 Å². The monoisotopic (exact) mass is 386 g/mol. The summed E-state index contributed by atoms with van der Waals surface area (Å²) in [5, 5.41) is 0.565. The van der Waals surface area contributed by atoms with Crippen molar-refractivity contribution in [2.45, 2.75) is 4.21 Å². The fourth-order valence-electron chi connectivity index (χ4n) is 1.10. The first kappa shape index (κ1) is 14.1. The summed E-state index contributed by atoms with van der Waals surface area (Å²) in [4.78, 5) is 3.86. The number of nitrogens with zero attached hydrogens (tertiary/aromatic N) is 1. The molecule has 1 N–H and O–H groups in total. The van der Waals surface area contributed by atoms with Crippen molar-refractivity contribution in [3.05, 3.63) is 38.2 Å². The van der Waals surface area contributed by atoms with Gasteiger partial charge in [-0.05, 0) is 34.1 Å². The van der Waals surface area contributed by atoms with Crippen molar-refractivity contribution in [3.8, 4) is 0 Å². The second kappa shape index (κ2) is 5.34. The molecule has 96 valence electrons. The van der Waals surface area contributed by atoms with Gasteiger partial charge in [-0.2, -0.15) is 0 Å². The van der Waals surface area contributed by atoms with Gasteiger partial charge in [-0.1, -0.05) is 23.2 Å². The van der Waals surface area contributed by atoms with Gasteiger partial charge in [-0.25, -0.2) is 13.4 Å². The first-order chi connectivity index (χ1) is 8.40. The normalized spacial score (nSPS) is 11.5. The standard InChI is InChI=1S/C9H5BrCl2N2O2S2/c10-8-6(12)4-7(17-8)18(15,16)14-9-5(11)2-1-3-13-9/h1-4H,(H,13,14). The van der Waals surface area contributed by atoms with Crippen molar-refractivity contribution >= 4 is 66.3 Å². The number of nitrogens with one attached hydrogen (secondary N) is 1. The zero-order chi connectivity index (χ0) is 13.3. The van der Waals surface area contributed by atoms with Crippen LogP contribution in [0, 0.1) is 0 Å². The third kappa shape index (κ3) is 2.97. The first-order valence-corrected chi connectivity index (χ1v) is 8.33. The molecule has 2 aromatic rings. The average molecular weight is 388 g/mol. The summed E-state index contributed by atoms with van der Waals surface area (Å²) in [5.41, 5.74) is 0. The number of rotatable bonds is 3. The number of aromatic nitrogens is 1. The van der Waals surface area contributed by atoms with Gasteiger partial charge < -0.3 is 0 Å². The van der Waals surface area contributed by atoms with Gasteiger partial charge in [0.1, 0.15) is 4.21 Å². The summed E-state index contributed by atoms with van der Waals surface area (Å²) in [5.74, 6) is 0.0832. The molecule has 0 saturated heterocycles. The summed E-state index contributed by atoms with van der Waals surface area (Å²) in [6, 6.07) is 4.51. The van der Waals surface area contributed by atoms with Crippen molar-refractivity contribution in [2.75, 3.05) is 4.72 Å². The Bertz CT molecular complexity index is 668. The van der Waals surface area contributed by atoms with Crippen LogP contribution in [0.3, 0.4) is 0 Å². The van der Waals surface area contributed by atoms with Crippen LogP contribution in [0.25, 0.3) is 0 Å². The minimum Gasteiger partial charge on any atom is -0.261 e. The highest BCUT2D eigenvalue weighted by atomic mass is 79.9. The quantitative estimate of drug-likeness (QED) is 0.865. The zero-order valence-electron chi connectivity index (χ0n) is 8.52. The maximum absolute atomic E-state index is 12.0. The molecule has 2 aromatic heterocycles. The van der Waals surface area contributed by atoms with E-state index in [0.29, 0.717) is 8.81 Å². The van der Waals surface area contributed by atoms with E-state index in [4.69, 9.17) is 23.2 Å². The average Bonchev–Trinajstić information content (AvgIpc) is 2.63. The fraction of sp³-hybridized carbons (Fsp3) is 0. The summed E-state index contributed by atoms with van der Waals surface area (Å²) in [6.07, 6.45) is 1.45. The van der Waals surface area contributed by atoms with Gasteiger partial charge in [0.2, 0.25) is 0 Å². The summed E-state index contributed by atoms with van der Waals surface area (Å²) < 4.78 is 27.0. The predicted octanol–water partition coefficient (Wildman–Crippen LogP) is 4.01. The first-order valence-electron chi connectivity index (χ1n) is 4.48. The van der Waals surface area contributed by atoms with E-state index in [1.165, 1.54) is 12.3 Å². The lowest BCUT2D eigenvalue weighted by atomic mass is 10.5. The molecule has 0 unspecified atom stereocenters. The maximum Gasteiger partial charge on any atom is 0.272 e. The highest BCUT2D eigenvalue weighted by Crippen LogP contribution is 2.35. The lowest BCUT2D eigenvalue weighted by molar-refractivity contribution is 0.603. The molecule has 0 radical (unpaired) electrons. The third-order valence-corrected chi connectivity index (χ3v) is 6.47. The van der Waals surface area contributed by atoms with Gasteiger partial charge in [-0.15, -0.1) is 11.3 Å². The number of thiophene rings is 1. The maximum atomic E-state index is 12.0. The van der Waals surface area contributed by atoms with Gasteiger partial charge in [0, 0.05) is 6.20 Å². The van der Waals surface area contributed by atoms with E-state index in [1.807, 2.05) is 0 Å². The lowest BCUT2D eigenvalue weighted by Crippen LogP contribution is -2.12. The van der Waals surface area contributed by atoms with Crippen LogP contribution in [0.15, 0.2) is 32.4 Å². The van der Waals surface area contributed by atoms with Gasteiger partial charge in [0.25, 0.3) is 10.0 Å². The largest absolute Gasteiger partial charge is 0.272 e. The van der Waals surface area contributed by atoms with E-state index in [0.717, 1.165) is 11.3 Å². The molecular formula is C9H5BrCl2N2O2S2. The minimum absolute atomic E-state index is 0.0832. The third-order valence-electron chi connectivity index (χ3n) is 1.88. The molecule has 0 saturated carbocycles. The molecule has 0 aliphatic carbocycles. The van der Waals surface area contributed by atoms with E-state index in [1.54, 1.807) is 12.1 Å². The van der Waals surface area contributed by atoms with E-state index < -0.39 is 10.0 Å². The second-order valence-electron chi connectivity index (χ2n) is 3.13. The zero-order valence-corrected chi connectivity index (χ0v) is 13.3. The number of hydrogen-bond acceptors (Lipinski definition) is 4. The predicted molar refractivity (Wildman–Crippen MR) is 77.1 cm³/mol. The molecule has 0 amide bonds. The van der Waals surface area contributed by atoms with Crippen LogP contribution in [0.4, 0.5) is 5.82 Å². The van der Waals surface area contributed by atoms with E-state index >= 15 is 0 Å². The van der Waals surface area contributed by atoms with Crippen LogP contribution in [-0.2, 0) is 10.0 Å². The Hall–Kier alpha value is -0.340. The SMILES string of the molecule is O=S(=O)(Nc1ncccc1Cl)c1cc(Cl)c(Br)s1. The molecule has 0 spiro atoms. The molecule has 0 fully saturated rings. The summed E-state index contributed by atoms with van der Waals surface area (Å²) in [7, 11) is -3.73. The van der Waals surface area contributed by atoms with Gasteiger partial charge in [0.05, 0.1) is 13.8 Å². The topological polar surface area (TPSA) is 59.1 Å². The van der Waals surface area contributed by atoms with E-state index in [-0.39, 0.29) is 15.0 Å². The highest BCUT2D eigenvalue weighted by Gasteiger charge is 2.20. The van der Waals surface area contributed by atoms with Crippen molar-refractivity contribution in [2.24, 2.45) is 0 Å². The molecule has 0 aliphatic rings. The molecular weight excluding hydrogens is 383 g/mol. The van der Waals surface area contributed by atoms with Crippen LogP contribution < -0.4 is 4.72 Å². The van der Waals surface area contributed by atoms with Crippen LogP contribution in [0.5, 0.6) is 0 Å². The molecule has 0 aromatic carbocycles. The smallest absolute Gasteiger partial charge is 0.261 e. The second-order valence-corrected chi connectivity index (χ2v) is 8.22. The molecule has 0 atom stereocenters. The molecule has 2 rings (SSSR count). The Morgan fingerprint density at radius 2 is 2.06 bits per heavy atom. The van der Waals surface area contributed by atoms with E-state index in [9.17, 15) is 8.42 Å². The Morgan fingerprint density at radius 1 is 1.33 bits per heavy atom. The molecule has 4 nitrogen and oxygen atoms in total. The van der Waals surface area contributed by atoms with Gasteiger partial charge in [-0.3, -0.25) is 4.72 Å². The summed E-state index contributed by atoms with van der Waals surface area (Å²) >= 11 is 15.8. The Kier molecular flexibility index (Phi) is 4.18. The van der Waals surface area contributed by atoms with Crippen molar-refractivity contribution < 1.29 is 8.42 Å². The lowest BCUT2D eigenvalue weighted by Gasteiger charge is -2.06. The highest BCUT2D eigenvalue weighted by molar-refractivity contribution is 9.11. The Balaban J connectivity index is 2.36. The molecule has 18 heavy (non-hydrogen) atoms. The Labute approximate surface area is 126 Å². The van der Waals surface area contributed by atoms with Crippen LogP contribution in [-0.4, -0.2) is 13.4 Å². The van der Waals surface area contributed by atoms with Gasteiger partial charge in [0.15, 0.2) is 5.82 Å². The molecule has 0 aliphatic heterocycles. The summed E-state index contributed by atoms with van der Waals surface area (Å²) in [6.45, 7) is 0. The van der Waals surface area contributed by atoms with Gasteiger partial charge >= 0.3 is 0 Å². The Morgan fingerprint density at radius 3 is 2.61 bits per heavy atom. The number of pyridine rings is 1. The molecule has 2 heterocycles. The van der Waals surface area contributed by atoms with Crippen LogP contribution in [0.2, 0.25) is 10.0 Å². The number of sulfonamides is 1. The number of halogens is 3. The van der Waals surface area contributed by atoms with E-state index in [2.05, 4.69) is 25.6 Å². The number of anilines is 1. The fourth-order valence-corrected chi connectivity index (χ4v) is 4.75.